The summed E-state index contributed by atoms with van der Waals surface area (Å²) in [5.41, 5.74) is 2.35. The van der Waals surface area contributed by atoms with Gasteiger partial charge in [0, 0.05) is 11.6 Å². The molecule has 0 amide bonds. The summed E-state index contributed by atoms with van der Waals surface area (Å²) in [5.74, 6) is 6.09. The van der Waals surface area contributed by atoms with E-state index < -0.39 is 0 Å². The number of nitrogens with one attached hydrogen (secondary N) is 2. The van der Waals surface area contributed by atoms with Crippen LogP contribution >= 0.6 is 11.3 Å². The molecule has 1 fully saturated rings. The minimum Gasteiger partial charge on any atom is -0.344 e. The third kappa shape index (κ3) is 2.70. The van der Waals surface area contributed by atoms with Crippen LogP contribution in [-0.4, -0.2) is 17.0 Å². The summed E-state index contributed by atoms with van der Waals surface area (Å²) < 4.78 is 0. The Hall–Kier alpha value is -1.14. The monoisotopic (exact) mass is 239 g/mol. The van der Waals surface area contributed by atoms with Gasteiger partial charge in [-0.3, -0.25) is 5.43 Å². The Morgan fingerprint density at radius 1 is 1.62 bits per heavy atom. The molecule has 2 rings (SSSR count). The van der Waals surface area contributed by atoms with Gasteiger partial charge in [0.05, 0.1) is 11.6 Å². The van der Waals surface area contributed by atoms with Crippen LogP contribution in [-0.2, 0) is 5.54 Å². The average molecular weight is 239 g/mol. The molecule has 88 valence electrons. The largest absolute Gasteiger partial charge is 0.344 e. The number of aliphatic imine (C=N–C) groups is 1. The molecule has 0 aliphatic heterocycles. The molecule has 0 aromatic carbocycles. The summed E-state index contributed by atoms with van der Waals surface area (Å²) in [5, 5.41) is 6.26. The van der Waals surface area contributed by atoms with E-state index in [0.717, 1.165) is 17.8 Å². The highest BCUT2D eigenvalue weighted by molar-refractivity contribution is 7.09. The number of nitrogens with two attached hydrogens (primary N) is 1. The van der Waals surface area contributed by atoms with Gasteiger partial charge in [0.1, 0.15) is 5.01 Å². The van der Waals surface area contributed by atoms with Crippen molar-refractivity contribution in [2.24, 2.45) is 10.8 Å². The molecule has 6 heteroatoms. The number of nitrogens with zero attached hydrogens (tertiary/aromatic N) is 2. The minimum absolute atomic E-state index is 0.256. The van der Waals surface area contributed by atoms with Gasteiger partial charge >= 0.3 is 0 Å². The number of rotatable bonds is 3. The standard InChI is InChI=1S/C10H17N5S/c1-10(2,8-12-5-6-16-8)14-9(15-11)13-7-3-4-7/h5-7H,3-4,11H2,1-2H3,(H2,13,14,15). The number of hydrazine groups is 1. The van der Waals surface area contributed by atoms with E-state index in [9.17, 15) is 0 Å². The molecular weight excluding hydrogens is 222 g/mol. The molecule has 1 aliphatic rings. The lowest BCUT2D eigenvalue weighted by atomic mass is 10.1. The molecule has 0 radical (unpaired) electrons. The smallest absolute Gasteiger partial charge is 0.206 e. The molecule has 16 heavy (non-hydrogen) atoms. The molecule has 1 aromatic rings. The Balaban J connectivity index is 2.06. The molecule has 0 saturated heterocycles. The lowest BCUT2D eigenvalue weighted by Gasteiger charge is -2.25. The number of hydrogen-bond acceptors (Lipinski definition) is 4. The molecule has 4 N–H and O–H groups in total. The van der Waals surface area contributed by atoms with Crippen LogP contribution in [0.15, 0.2) is 16.6 Å². The van der Waals surface area contributed by atoms with Gasteiger partial charge in [0.25, 0.3) is 0 Å². The van der Waals surface area contributed by atoms with Crippen LogP contribution in [0.2, 0.25) is 0 Å². The maximum atomic E-state index is 5.45. The zero-order valence-electron chi connectivity index (χ0n) is 9.53. The molecule has 0 spiro atoms. The van der Waals surface area contributed by atoms with Gasteiger partial charge in [0.2, 0.25) is 5.96 Å². The van der Waals surface area contributed by atoms with E-state index in [4.69, 9.17) is 5.84 Å². The lowest BCUT2D eigenvalue weighted by molar-refractivity contribution is 0.474. The van der Waals surface area contributed by atoms with Crippen LogP contribution in [0.4, 0.5) is 0 Å². The Kier molecular flexibility index (Phi) is 3.11. The van der Waals surface area contributed by atoms with Gasteiger partial charge in [-0.05, 0) is 26.7 Å². The normalized spacial score (nSPS) is 17.3. The van der Waals surface area contributed by atoms with E-state index >= 15 is 0 Å². The van der Waals surface area contributed by atoms with Crippen molar-refractivity contribution in [2.75, 3.05) is 0 Å². The first-order chi connectivity index (χ1) is 7.62. The fourth-order valence-electron chi connectivity index (χ4n) is 1.37. The van der Waals surface area contributed by atoms with E-state index in [1.165, 1.54) is 0 Å². The minimum atomic E-state index is -0.256. The summed E-state index contributed by atoms with van der Waals surface area (Å²) in [6, 6.07) is 0.436. The maximum Gasteiger partial charge on any atom is 0.206 e. The first-order valence-corrected chi connectivity index (χ1v) is 6.22. The first-order valence-electron chi connectivity index (χ1n) is 5.34. The van der Waals surface area contributed by atoms with Crippen molar-refractivity contribution < 1.29 is 0 Å². The molecule has 1 saturated carbocycles. The Morgan fingerprint density at radius 3 is 2.88 bits per heavy atom. The molecule has 1 heterocycles. The molecule has 0 atom stereocenters. The van der Waals surface area contributed by atoms with Gasteiger partial charge in [0.15, 0.2) is 0 Å². The highest BCUT2D eigenvalue weighted by Crippen LogP contribution is 2.25. The van der Waals surface area contributed by atoms with Crippen LogP contribution in [0.3, 0.4) is 0 Å². The molecule has 0 bridgehead atoms. The zero-order chi connectivity index (χ0) is 11.6. The lowest BCUT2D eigenvalue weighted by Crippen LogP contribution is -2.50. The van der Waals surface area contributed by atoms with Crippen LogP contribution < -0.4 is 16.6 Å². The molecule has 0 unspecified atom stereocenters. The van der Waals surface area contributed by atoms with Crippen molar-refractivity contribution in [2.45, 2.75) is 38.3 Å². The fourth-order valence-corrected chi connectivity index (χ4v) is 2.09. The summed E-state index contributed by atoms with van der Waals surface area (Å²) >= 11 is 1.62. The summed E-state index contributed by atoms with van der Waals surface area (Å²) in [7, 11) is 0. The fraction of sp³-hybridized carbons (Fsp3) is 0.600. The van der Waals surface area contributed by atoms with E-state index in [1.807, 2.05) is 5.38 Å². The predicted molar refractivity (Wildman–Crippen MR) is 66.1 cm³/mol. The average Bonchev–Trinajstić information content (AvgIpc) is 2.86. The zero-order valence-corrected chi connectivity index (χ0v) is 10.3. The SMILES string of the molecule is CC(C)(NC(=NC1CC1)NN)c1nccs1. The molecule has 1 aliphatic carbocycles. The van der Waals surface area contributed by atoms with Gasteiger partial charge in [-0.2, -0.15) is 0 Å². The third-order valence-electron chi connectivity index (χ3n) is 2.39. The van der Waals surface area contributed by atoms with E-state index in [0.29, 0.717) is 12.0 Å². The van der Waals surface area contributed by atoms with Crippen molar-refractivity contribution in [3.63, 3.8) is 0 Å². The second kappa shape index (κ2) is 4.39. The van der Waals surface area contributed by atoms with Crippen LogP contribution in [0.1, 0.15) is 31.7 Å². The second-order valence-electron chi connectivity index (χ2n) is 4.44. The van der Waals surface area contributed by atoms with Crippen LogP contribution in [0, 0.1) is 0 Å². The second-order valence-corrected chi connectivity index (χ2v) is 5.34. The highest BCUT2D eigenvalue weighted by atomic mass is 32.1. The Bertz CT molecular complexity index is 367. The summed E-state index contributed by atoms with van der Waals surface area (Å²) in [6.07, 6.45) is 4.12. The Labute approximate surface area is 99.1 Å². The molecule has 1 aromatic heterocycles. The number of thiazole rings is 1. The molecular formula is C10H17N5S. The van der Waals surface area contributed by atoms with Gasteiger partial charge < -0.3 is 5.32 Å². The van der Waals surface area contributed by atoms with Crippen molar-refractivity contribution in [1.29, 1.82) is 0 Å². The number of hydrogen-bond donors (Lipinski definition) is 3. The van der Waals surface area contributed by atoms with Crippen molar-refractivity contribution >= 4 is 17.3 Å². The first kappa shape index (κ1) is 11.3. The van der Waals surface area contributed by atoms with E-state index in [1.54, 1.807) is 17.5 Å². The summed E-state index contributed by atoms with van der Waals surface area (Å²) in [4.78, 5) is 8.75. The van der Waals surface area contributed by atoms with Gasteiger partial charge in [-0.1, -0.05) is 0 Å². The topological polar surface area (TPSA) is 75.3 Å². The number of aromatic nitrogens is 1. The van der Waals surface area contributed by atoms with Crippen molar-refractivity contribution in [1.82, 2.24) is 15.7 Å². The summed E-state index contributed by atoms with van der Waals surface area (Å²) in [6.45, 7) is 4.12. The highest BCUT2D eigenvalue weighted by Gasteiger charge is 2.26. The van der Waals surface area contributed by atoms with Crippen LogP contribution in [0.25, 0.3) is 0 Å². The maximum absolute atomic E-state index is 5.45. The Morgan fingerprint density at radius 2 is 2.38 bits per heavy atom. The van der Waals surface area contributed by atoms with Crippen molar-refractivity contribution in [3.05, 3.63) is 16.6 Å². The van der Waals surface area contributed by atoms with Gasteiger partial charge in [-0.25, -0.2) is 15.8 Å². The van der Waals surface area contributed by atoms with Gasteiger partial charge in [-0.15, -0.1) is 11.3 Å². The van der Waals surface area contributed by atoms with Crippen molar-refractivity contribution in [3.8, 4) is 0 Å². The van der Waals surface area contributed by atoms with E-state index in [2.05, 4.69) is 34.6 Å². The quantitative estimate of drug-likeness (QED) is 0.318. The number of guanidine groups is 1. The predicted octanol–water partition coefficient (Wildman–Crippen LogP) is 0.950. The molecule has 5 nitrogen and oxygen atoms in total. The van der Waals surface area contributed by atoms with E-state index in [-0.39, 0.29) is 5.54 Å². The van der Waals surface area contributed by atoms with Crippen LogP contribution in [0.5, 0.6) is 0 Å². The third-order valence-corrected chi connectivity index (χ3v) is 3.49.